The average Bonchev–Trinajstić information content (AvgIpc) is 3.38. The molecule has 0 spiro atoms. The lowest BCUT2D eigenvalue weighted by Crippen LogP contribution is -2.51. The van der Waals surface area contributed by atoms with Crippen molar-refractivity contribution in [3.8, 4) is 6.07 Å². The van der Waals surface area contributed by atoms with E-state index in [2.05, 4.69) is 11.4 Å². The quantitative estimate of drug-likeness (QED) is 0.871. The summed E-state index contributed by atoms with van der Waals surface area (Å²) in [5.74, 6) is 1.64. The highest BCUT2D eigenvalue weighted by atomic mass is 32.2. The summed E-state index contributed by atoms with van der Waals surface area (Å²) in [6.45, 7) is 0. The maximum absolute atomic E-state index is 13.0. The number of amides is 1. The number of nitrogens with zero attached hydrogens (tertiary/aromatic N) is 2. The van der Waals surface area contributed by atoms with Gasteiger partial charge in [0.2, 0.25) is 5.91 Å². The minimum absolute atomic E-state index is 0.0323. The number of carbonyl (C=O) groups excluding carboxylic acids is 2. The number of nitrogens with one attached hydrogen (secondary N) is 1. The third-order valence-electron chi connectivity index (χ3n) is 4.79. The Kier molecular flexibility index (Phi) is 4.59. The third kappa shape index (κ3) is 2.99. The van der Waals surface area contributed by atoms with Gasteiger partial charge in [-0.25, -0.2) is 0 Å². The fourth-order valence-corrected chi connectivity index (χ4v) is 5.69. The number of benzene rings is 1. The molecule has 0 saturated carbocycles. The van der Waals surface area contributed by atoms with Gasteiger partial charge in [0.25, 0.3) is 0 Å². The number of ketones is 1. The lowest BCUT2D eigenvalue weighted by Gasteiger charge is -2.25. The van der Waals surface area contributed by atoms with Crippen molar-refractivity contribution in [1.29, 1.82) is 5.26 Å². The first kappa shape index (κ1) is 16.7. The Bertz CT molecular complexity index is 802. The molecule has 0 aromatic heterocycles. The SMILES string of the molecule is N#C[C@@H]1CSCN1C(=O)[C@H]1NCSC1C(=O)C1=Cc2ccccc2C1. The Morgan fingerprint density at radius 1 is 1.32 bits per heavy atom. The van der Waals surface area contributed by atoms with Gasteiger partial charge >= 0.3 is 0 Å². The van der Waals surface area contributed by atoms with Crippen LogP contribution < -0.4 is 5.32 Å². The van der Waals surface area contributed by atoms with Crippen LogP contribution >= 0.6 is 23.5 Å². The topological polar surface area (TPSA) is 73.2 Å². The number of hydrogen-bond acceptors (Lipinski definition) is 6. The van der Waals surface area contributed by atoms with E-state index in [0.29, 0.717) is 23.9 Å². The van der Waals surface area contributed by atoms with Gasteiger partial charge in [-0.1, -0.05) is 24.3 Å². The molecule has 1 unspecified atom stereocenters. The molecule has 2 saturated heterocycles. The van der Waals surface area contributed by atoms with Crippen LogP contribution in [0.3, 0.4) is 0 Å². The molecule has 2 heterocycles. The largest absolute Gasteiger partial charge is 0.315 e. The first-order chi connectivity index (χ1) is 12.2. The lowest BCUT2D eigenvalue weighted by molar-refractivity contribution is -0.134. The van der Waals surface area contributed by atoms with Crippen molar-refractivity contribution in [2.75, 3.05) is 17.5 Å². The molecule has 3 atom stereocenters. The van der Waals surface area contributed by atoms with Crippen molar-refractivity contribution in [3.05, 3.63) is 41.0 Å². The minimum Gasteiger partial charge on any atom is -0.315 e. The Labute approximate surface area is 154 Å². The Balaban J connectivity index is 1.51. The van der Waals surface area contributed by atoms with Gasteiger partial charge in [-0.2, -0.15) is 5.26 Å². The Morgan fingerprint density at radius 2 is 2.16 bits per heavy atom. The van der Waals surface area contributed by atoms with Crippen molar-refractivity contribution in [2.24, 2.45) is 0 Å². The second-order valence-electron chi connectivity index (χ2n) is 6.28. The summed E-state index contributed by atoms with van der Waals surface area (Å²) < 4.78 is 0. The van der Waals surface area contributed by atoms with Gasteiger partial charge in [0.1, 0.15) is 12.1 Å². The number of Topliss-reactive ketones (excluding diaryl/α,β-unsaturated/α-hetero) is 1. The van der Waals surface area contributed by atoms with Crippen LogP contribution in [0.5, 0.6) is 0 Å². The van der Waals surface area contributed by atoms with E-state index in [1.54, 1.807) is 16.7 Å². The molecule has 1 amide bonds. The van der Waals surface area contributed by atoms with Crippen LogP contribution in [0.25, 0.3) is 6.08 Å². The number of carbonyl (C=O) groups is 2. The summed E-state index contributed by atoms with van der Waals surface area (Å²) in [5, 5.41) is 12.0. The first-order valence-corrected chi connectivity index (χ1v) is 10.3. The van der Waals surface area contributed by atoms with Crippen LogP contribution in [0.15, 0.2) is 29.8 Å². The van der Waals surface area contributed by atoms with E-state index >= 15 is 0 Å². The van der Waals surface area contributed by atoms with Gasteiger partial charge in [0, 0.05) is 23.6 Å². The van der Waals surface area contributed by atoms with Crippen LogP contribution in [0.1, 0.15) is 11.1 Å². The van der Waals surface area contributed by atoms with Crippen LogP contribution in [-0.2, 0) is 16.0 Å². The highest BCUT2D eigenvalue weighted by molar-refractivity contribution is 8.01. The summed E-state index contributed by atoms with van der Waals surface area (Å²) in [6, 6.07) is 9.24. The zero-order valence-corrected chi connectivity index (χ0v) is 15.1. The number of fused-ring (bicyclic) bond motifs is 1. The molecule has 0 radical (unpaired) electrons. The maximum Gasteiger partial charge on any atom is 0.243 e. The summed E-state index contributed by atoms with van der Waals surface area (Å²) in [4.78, 5) is 27.5. The molecule has 1 aliphatic carbocycles. The van der Waals surface area contributed by atoms with Crippen LogP contribution in [0.4, 0.5) is 0 Å². The molecule has 1 aromatic rings. The van der Waals surface area contributed by atoms with E-state index in [1.807, 2.05) is 30.3 Å². The number of thioether (sulfide) groups is 2. The highest BCUT2D eigenvalue weighted by Crippen LogP contribution is 2.32. The number of rotatable bonds is 3. The lowest BCUT2D eigenvalue weighted by atomic mass is 10.0. The summed E-state index contributed by atoms with van der Waals surface area (Å²) >= 11 is 3.06. The fourth-order valence-electron chi connectivity index (χ4n) is 3.44. The van der Waals surface area contributed by atoms with E-state index < -0.39 is 17.3 Å². The molecule has 7 heteroatoms. The van der Waals surface area contributed by atoms with Crippen molar-refractivity contribution in [3.63, 3.8) is 0 Å². The monoisotopic (exact) mass is 371 g/mol. The highest BCUT2D eigenvalue weighted by Gasteiger charge is 2.44. The predicted molar refractivity (Wildman–Crippen MR) is 99.9 cm³/mol. The molecule has 128 valence electrons. The summed E-state index contributed by atoms with van der Waals surface area (Å²) in [5.41, 5.74) is 3.02. The number of nitriles is 1. The first-order valence-electron chi connectivity index (χ1n) is 8.14. The van der Waals surface area contributed by atoms with Crippen LogP contribution in [-0.4, -0.2) is 51.4 Å². The fraction of sp³-hybridized carbons (Fsp3) is 0.389. The zero-order valence-electron chi connectivity index (χ0n) is 13.5. The smallest absolute Gasteiger partial charge is 0.243 e. The molecule has 5 nitrogen and oxygen atoms in total. The zero-order chi connectivity index (χ0) is 17.4. The predicted octanol–water partition coefficient (Wildman–Crippen LogP) is 1.65. The molecule has 1 aromatic carbocycles. The van der Waals surface area contributed by atoms with Crippen LogP contribution in [0, 0.1) is 11.3 Å². The molecule has 2 fully saturated rings. The molecular weight excluding hydrogens is 354 g/mol. The standard InChI is InChI=1S/C18H17N3O2S2/c19-7-14-8-24-10-21(14)18(23)15-17(25-9-20-15)16(22)13-5-11-3-1-2-4-12(11)6-13/h1-5,14-15,17,20H,6,8-10H2/t14-,15+,17?/m1/s1. The maximum atomic E-state index is 13.0. The second kappa shape index (κ2) is 6.87. The summed E-state index contributed by atoms with van der Waals surface area (Å²) in [6.07, 6.45) is 2.58. The molecule has 1 N–H and O–H groups in total. The third-order valence-corrected chi connectivity index (χ3v) is 6.98. The van der Waals surface area contributed by atoms with Gasteiger partial charge in [0.05, 0.1) is 17.2 Å². The van der Waals surface area contributed by atoms with Gasteiger partial charge in [-0.05, 0) is 17.2 Å². The second-order valence-corrected chi connectivity index (χ2v) is 8.41. The van der Waals surface area contributed by atoms with E-state index in [1.165, 1.54) is 11.8 Å². The van der Waals surface area contributed by atoms with E-state index in [9.17, 15) is 14.9 Å². The van der Waals surface area contributed by atoms with Crippen molar-refractivity contribution < 1.29 is 9.59 Å². The average molecular weight is 371 g/mol. The van der Waals surface area contributed by atoms with Gasteiger partial charge in [0.15, 0.2) is 5.78 Å². The van der Waals surface area contributed by atoms with Crippen molar-refractivity contribution >= 4 is 41.3 Å². The number of allylic oxidation sites excluding steroid dienone is 1. The molecule has 25 heavy (non-hydrogen) atoms. The Hall–Kier alpha value is -1.75. The number of hydrogen-bond donors (Lipinski definition) is 1. The molecule has 3 aliphatic rings. The summed E-state index contributed by atoms with van der Waals surface area (Å²) in [7, 11) is 0. The molecular formula is C18H17N3O2S2. The molecule has 0 bridgehead atoms. The van der Waals surface area contributed by atoms with Gasteiger partial charge in [-0.15, -0.1) is 23.5 Å². The Morgan fingerprint density at radius 3 is 2.96 bits per heavy atom. The van der Waals surface area contributed by atoms with Gasteiger partial charge < -0.3 is 4.90 Å². The van der Waals surface area contributed by atoms with E-state index in [-0.39, 0.29) is 11.7 Å². The van der Waals surface area contributed by atoms with Crippen molar-refractivity contribution in [1.82, 2.24) is 10.2 Å². The van der Waals surface area contributed by atoms with Crippen LogP contribution in [0.2, 0.25) is 0 Å². The van der Waals surface area contributed by atoms with E-state index in [0.717, 1.165) is 16.7 Å². The van der Waals surface area contributed by atoms with Crippen molar-refractivity contribution in [2.45, 2.75) is 23.8 Å². The van der Waals surface area contributed by atoms with Gasteiger partial charge in [-0.3, -0.25) is 14.9 Å². The molecule has 2 aliphatic heterocycles. The van der Waals surface area contributed by atoms with E-state index in [4.69, 9.17) is 0 Å². The molecule has 4 rings (SSSR count). The normalized spacial score (nSPS) is 27.7. The minimum atomic E-state index is -0.545.